The summed E-state index contributed by atoms with van der Waals surface area (Å²) < 4.78 is 0. The Labute approximate surface area is 120 Å². The fraction of sp³-hybridized carbons (Fsp3) is 0.562. The van der Waals surface area contributed by atoms with Crippen LogP contribution in [0.3, 0.4) is 0 Å². The first-order valence-corrected chi connectivity index (χ1v) is 7.30. The van der Waals surface area contributed by atoms with E-state index >= 15 is 0 Å². The molecule has 0 saturated heterocycles. The molecule has 1 fully saturated rings. The predicted molar refractivity (Wildman–Crippen MR) is 79.0 cm³/mol. The van der Waals surface area contributed by atoms with Crippen molar-refractivity contribution in [2.45, 2.75) is 44.2 Å². The molecule has 0 aromatic heterocycles. The third kappa shape index (κ3) is 3.38. The van der Waals surface area contributed by atoms with Gasteiger partial charge in [0, 0.05) is 0 Å². The SMILES string of the molecule is CC1CCCC(CO)(NC(=O)[C@H](N)c2ccccc2)C1. The maximum Gasteiger partial charge on any atom is 0.242 e. The summed E-state index contributed by atoms with van der Waals surface area (Å²) >= 11 is 0. The Balaban J connectivity index is 2.06. The summed E-state index contributed by atoms with van der Waals surface area (Å²) in [7, 11) is 0. The van der Waals surface area contributed by atoms with Gasteiger partial charge in [-0.3, -0.25) is 4.79 Å². The van der Waals surface area contributed by atoms with E-state index in [4.69, 9.17) is 5.73 Å². The van der Waals surface area contributed by atoms with Gasteiger partial charge in [0.15, 0.2) is 0 Å². The van der Waals surface area contributed by atoms with Crippen LogP contribution in [0.1, 0.15) is 44.2 Å². The van der Waals surface area contributed by atoms with E-state index in [1.807, 2.05) is 30.3 Å². The Hall–Kier alpha value is -1.39. The highest BCUT2D eigenvalue weighted by Gasteiger charge is 2.36. The molecule has 1 aromatic carbocycles. The van der Waals surface area contributed by atoms with Crippen LogP contribution >= 0.6 is 0 Å². The van der Waals surface area contributed by atoms with Crippen LogP contribution in [-0.2, 0) is 4.79 Å². The summed E-state index contributed by atoms with van der Waals surface area (Å²) in [5.41, 5.74) is 6.30. The fourth-order valence-corrected chi connectivity index (χ4v) is 3.11. The topological polar surface area (TPSA) is 75.3 Å². The van der Waals surface area contributed by atoms with Crippen LogP contribution in [-0.4, -0.2) is 23.2 Å². The first-order valence-electron chi connectivity index (χ1n) is 7.30. The van der Waals surface area contributed by atoms with E-state index < -0.39 is 11.6 Å². The summed E-state index contributed by atoms with van der Waals surface area (Å²) in [6.07, 6.45) is 3.82. The molecular weight excluding hydrogens is 252 g/mol. The molecule has 1 aliphatic carbocycles. The molecule has 1 aromatic rings. The van der Waals surface area contributed by atoms with E-state index in [2.05, 4.69) is 12.2 Å². The minimum absolute atomic E-state index is 0.0232. The van der Waals surface area contributed by atoms with E-state index in [1.165, 1.54) is 0 Å². The van der Waals surface area contributed by atoms with Crippen molar-refractivity contribution >= 4 is 5.91 Å². The number of carbonyl (C=O) groups excluding carboxylic acids is 1. The Morgan fingerprint density at radius 2 is 2.20 bits per heavy atom. The molecule has 0 aliphatic heterocycles. The third-order valence-corrected chi connectivity index (χ3v) is 4.22. The number of aliphatic hydroxyl groups is 1. The van der Waals surface area contributed by atoms with Crippen LogP contribution in [0, 0.1) is 5.92 Å². The maximum absolute atomic E-state index is 12.3. The average Bonchev–Trinajstić information content (AvgIpc) is 2.47. The van der Waals surface area contributed by atoms with Crippen molar-refractivity contribution in [3.8, 4) is 0 Å². The quantitative estimate of drug-likeness (QED) is 0.784. The van der Waals surface area contributed by atoms with Gasteiger partial charge >= 0.3 is 0 Å². The zero-order chi connectivity index (χ0) is 14.6. The largest absolute Gasteiger partial charge is 0.394 e. The summed E-state index contributed by atoms with van der Waals surface area (Å²) in [6, 6.07) is 8.64. The molecule has 4 heteroatoms. The smallest absolute Gasteiger partial charge is 0.242 e. The Morgan fingerprint density at radius 3 is 2.80 bits per heavy atom. The van der Waals surface area contributed by atoms with Crippen molar-refractivity contribution < 1.29 is 9.90 Å². The molecule has 0 heterocycles. The van der Waals surface area contributed by atoms with Crippen molar-refractivity contribution in [2.75, 3.05) is 6.61 Å². The Bertz CT molecular complexity index is 449. The lowest BCUT2D eigenvalue weighted by atomic mass is 9.76. The Kier molecular flexibility index (Phi) is 4.78. The summed E-state index contributed by atoms with van der Waals surface area (Å²) in [5, 5.41) is 12.7. The third-order valence-electron chi connectivity index (χ3n) is 4.22. The van der Waals surface area contributed by atoms with E-state index in [-0.39, 0.29) is 12.5 Å². The van der Waals surface area contributed by atoms with Gasteiger partial charge in [0.25, 0.3) is 0 Å². The molecule has 0 spiro atoms. The highest BCUT2D eigenvalue weighted by Crippen LogP contribution is 2.32. The number of hydrogen-bond donors (Lipinski definition) is 3. The van der Waals surface area contributed by atoms with Gasteiger partial charge in [-0.15, -0.1) is 0 Å². The maximum atomic E-state index is 12.3. The molecular formula is C16H24N2O2. The van der Waals surface area contributed by atoms with Gasteiger partial charge in [-0.25, -0.2) is 0 Å². The van der Waals surface area contributed by atoms with Crippen LogP contribution in [0.15, 0.2) is 30.3 Å². The zero-order valence-corrected chi connectivity index (χ0v) is 12.0. The van der Waals surface area contributed by atoms with Gasteiger partial charge in [-0.1, -0.05) is 50.1 Å². The molecule has 1 saturated carbocycles. The van der Waals surface area contributed by atoms with Crippen molar-refractivity contribution in [1.29, 1.82) is 0 Å². The lowest BCUT2D eigenvalue weighted by Crippen LogP contribution is -2.55. The van der Waals surface area contributed by atoms with Gasteiger partial charge in [0.2, 0.25) is 5.91 Å². The molecule has 3 atom stereocenters. The van der Waals surface area contributed by atoms with Crippen molar-refractivity contribution in [1.82, 2.24) is 5.32 Å². The molecule has 0 radical (unpaired) electrons. The highest BCUT2D eigenvalue weighted by molar-refractivity contribution is 5.83. The van der Waals surface area contributed by atoms with E-state index in [0.29, 0.717) is 5.92 Å². The minimum Gasteiger partial charge on any atom is -0.394 e. The van der Waals surface area contributed by atoms with Gasteiger partial charge in [0.1, 0.15) is 6.04 Å². The van der Waals surface area contributed by atoms with Crippen molar-refractivity contribution in [3.63, 3.8) is 0 Å². The van der Waals surface area contributed by atoms with E-state index in [1.54, 1.807) is 0 Å². The fourth-order valence-electron chi connectivity index (χ4n) is 3.11. The van der Waals surface area contributed by atoms with Crippen LogP contribution in [0.5, 0.6) is 0 Å². The monoisotopic (exact) mass is 276 g/mol. The Morgan fingerprint density at radius 1 is 1.50 bits per heavy atom. The number of nitrogens with one attached hydrogen (secondary N) is 1. The number of hydrogen-bond acceptors (Lipinski definition) is 3. The zero-order valence-electron chi connectivity index (χ0n) is 12.0. The van der Waals surface area contributed by atoms with Gasteiger partial charge in [-0.05, 0) is 24.3 Å². The molecule has 4 nitrogen and oxygen atoms in total. The number of nitrogens with two attached hydrogens (primary N) is 1. The first kappa shape index (κ1) is 15.0. The molecule has 0 bridgehead atoms. The number of benzene rings is 1. The molecule has 4 N–H and O–H groups in total. The minimum atomic E-state index is -0.683. The van der Waals surface area contributed by atoms with Gasteiger partial charge in [0.05, 0.1) is 12.1 Å². The molecule has 2 rings (SSSR count). The second-order valence-corrected chi connectivity index (χ2v) is 6.02. The molecule has 110 valence electrons. The molecule has 2 unspecified atom stereocenters. The van der Waals surface area contributed by atoms with E-state index in [9.17, 15) is 9.90 Å². The van der Waals surface area contributed by atoms with Crippen LogP contribution in [0.2, 0.25) is 0 Å². The molecule has 1 aliphatic rings. The van der Waals surface area contributed by atoms with Gasteiger partial charge in [-0.2, -0.15) is 0 Å². The lowest BCUT2D eigenvalue weighted by Gasteiger charge is -2.40. The van der Waals surface area contributed by atoms with Crippen molar-refractivity contribution in [2.24, 2.45) is 11.7 Å². The summed E-state index contributed by atoms with van der Waals surface area (Å²) in [6.45, 7) is 2.14. The number of amides is 1. The first-order chi connectivity index (χ1) is 9.56. The van der Waals surface area contributed by atoms with Crippen LogP contribution in [0.25, 0.3) is 0 Å². The summed E-state index contributed by atoms with van der Waals surface area (Å²) in [4.78, 5) is 12.3. The molecule has 1 amide bonds. The standard InChI is InChI=1S/C16H24N2O2/c1-12-6-5-9-16(10-12,11-19)18-15(20)14(17)13-7-3-2-4-8-13/h2-4,7-8,12,14,19H,5-6,9-11,17H2,1H3,(H,18,20)/t12?,14-,16?/m1/s1. The number of carbonyl (C=O) groups is 1. The lowest BCUT2D eigenvalue weighted by molar-refractivity contribution is -0.125. The number of rotatable bonds is 4. The second-order valence-electron chi connectivity index (χ2n) is 6.02. The van der Waals surface area contributed by atoms with Crippen molar-refractivity contribution in [3.05, 3.63) is 35.9 Å². The van der Waals surface area contributed by atoms with Crippen LogP contribution < -0.4 is 11.1 Å². The normalized spacial score (nSPS) is 27.9. The second kappa shape index (κ2) is 6.37. The van der Waals surface area contributed by atoms with Gasteiger partial charge < -0.3 is 16.2 Å². The average molecular weight is 276 g/mol. The highest BCUT2D eigenvalue weighted by atomic mass is 16.3. The van der Waals surface area contributed by atoms with E-state index in [0.717, 1.165) is 31.2 Å². The number of aliphatic hydroxyl groups excluding tert-OH is 1. The molecule has 20 heavy (non-hydrogen) atoms. The predicted octanol–water partition coefficient (Wildman–Crippen LogP) is 1.74. The van der Waals surface area contributed by atoms with Crippen LogP contribution in [0.4, 0.5) is 0 Å². The summed E-state index contributed by atoms with van der Waals surface area (Å²) in [5.74, 6) is 0.309.